The number of rotatable bonds is 5. The van der Waals surface area contributed by atoms with Crippen molar-refractivity contribution in [3.05, 3.63) is 16.0 Å². The molecule has 2 aliphatic rings. The fraction of sp³-hybridized carbons (Fsp3) is 0.667. The van der Waals surface area contributed by atoms with Crippen LogP contribution in [0.3, 0.4) is 0 Å². The Balaban J connectivity index is 1.59. The molecule has 0 amide bonds. The van der Waals surface area contributed by atoms with Gasteiger partial charge >= 0.3 is 5.97 Å². The van der Waals surface area contributed by atoms with E-state index in [9.17, 15) is 4.79 Å². The van der Waals surface area contributed by atoms with Crippen LogP contribution in [0.4, 0.5) is 5.00 Å². The third kappa shape index (κ3) is 4.33. The Morgan fingerprint density at radius 2 is 2.12 bits per heavy atom. The number of fused-ring (bicyclic) bond motifs is 1. The number of thiophene rings is 1. The second kappa shape index (κ2) is 8.47. The monoisotopic (exact) mass is 381 g/mol. The smallest absolute Gasteiger partial charge is 0.341 e. The van der Waals surface area contributed by atoms with Crippen molar-refractivity contribution in [1.29, 1.82) is 0 Å². The average Bonchev–Trinajstić information content (AvgIpc) is 3.17. The van der Waals surface area contributed by atoms with Crippen molar-refractivity contribution in [2.45, 2.75) is 51.5 Å². The highest BCUT2D eigenvalue weighted by molar-refractivity contribution is 7.80. The predicted octanol–water partition coefficient (Wildman–Crippen LogP) is 3.18. The minimum Gasteiger partial charge on any atom is -0.465 e. The molecule has 1 aromatic rings. The van der Waals surface area contributed by atoms with Gasteiger partial charge in [-0.2, -0.15) is 0 Å². The van der Waals surface area contributed by atoms with Crippen molar-refractivity contribution in [3.63, 3.8) is 0 Å². The topological polar surface area (TPSA) is 53.6 Å². The molecule has 0 spiro atoms. The molecule has 1 saturated heterocycles. The number of carbonyl (C=O) groups is 1. The predicted molar refractivity (Wildman–Crippen MR) is 107 cm³/mol. The third-order valence-electron chi connectivity index (χ3n) is 5.00. The molecule has 0 radical (unpaired) electrons. The van der Waals surface area contributed by atoms with E-state index in [4.69, 9.17) is 17.0 Å². The van der Waals surface area contributed by atoms with Gasteiger partial charge in [0.2, 0.25) is 0 Å². The second-order valence-electron chi connectivity index (χ2n) is 6.77. The molecule has 7 heteroatoms. The molecule has 0 bridgehead atoms. The Labute approximate surface area is 159 Å². The zero-order valence-corrected chi connectivity index (χ0v) is 16.7. The molecule has 1 aliphatic carbocycles. The van der Waals surface area contributed by atoms with Gasteiger partial charge in [0.15, 0.2) is 5.11 Å². The molecule has 0 aromatic carbocycles. The zero-order chi connectivity index (χ0) is 17.8. The number of piperidine rings is 1. The number of carbonyl (C=O) groups excluding carboxylic acids is 1. The number of hydrogen-bond acceptors (Lipinski definition) is 5. The van der Waals surface area contributed by atoms with Crippen LogP contribution in [0.15, 0.2) is 0 Å². The van der Waals surface area contributed by atoms with Crippen LogP contribution in [-0.2, 0) is 17.6 Å². The Hall–Kier alpha value is -1.18. The number of methoxy groups -OCH3 is 1. The molecule has 1 aliphatic heterocycles. The number of esters is 1. The molecular weight excluding hydrogens is 354 g/mol. The highest BCUT2D eigenvalue weighted by Gasteiger charge is 2.28. The van der Waals surface area contributed by atoms with Crippen molar-refractivity contribution in [2.24, 2.45) is 0 Å². The normalized spacial score (nSPS) is 18.0. The number of nitrogens with one attached hydrogen (secondary N) is 2. The summed E-state index contributed by atoms with van der Waals surface area (Å²) in [5.41, 5.74) is 1.83. The maximum atomic E-state index is 12.2. The van der Waals surface area contributed by atoms with E-state index in [-0.39, 0.29) is 5.97 Å². The molecule has 0 saturated carbocycles. The van der Waals surface area contributed by atoms with E-state index in [1.807, 2.05) is 0 Å². The molecular formula is C18H27N3O2S2. The lowest BCUT2D eigenvalue weighted by atomic mass is 10.1. The van der Waals surface area contributed by atoms with E-state index in [1.54, 1.807) is 11.3 Å². The van der Waals surface area contributed by atoms with Crippen LogP contribution in [0, 0.1) is 0 Å². The largest absolute Gasteiger partial charge is 0.465 e. The van der Waals surface area contributed by atoms with Crippen LogP contribution in [0.2, 0.25) is 0 Å². The van der Waals surface area contributed by atoms with Crippen molar-refractivity contribution in [3.8, 4) is 0 Å². The Morgan fingerprint density at radius 3 is 2.80 bits per heavy atom. The Morgan fingerprint density at radius 1 is 1.36 bits per heavy atom. The van der Waals surface area contributed by atoms with Crippen molar-refractivity contribution < 1.29 is 9.53 Å². The van der Waals surface area contributed by atoms with Gasteiger partial charge in [0.25, 0.3) is 0 Å². The van der Waals surface area contributed by atoms with Gasteiger partial charge in [-0.05, 0) is 62.9 Å². The SMILES string of the molecule is CCCN1CCC(NC(=S)Nc2sc3c(c2C(=O)OC)CCC3)CC1. The molecule has 5 nitrogen and oxygen atoms in total. The van der Waals surface area contributed by atoms with Crippen molar-refractivity contribution >= 4 is 39.6 Å². The summed E-state index contributed by atoms with van der Waals surface area (Å²) in [4.78, 5) is 16.0. The Kier molecular flexibility index (Phi) is 6.30. The van der Waals surface area contributed by atoms with Crippen LogP contribution >= 0.6 is 23.6 Å². The minimum absolute atomic E-state index is 0.266. The molecule has 0 atom stereocenters. The van der Waals surface area contributed by atoms with Crippen LogP contribution in [-0.4, -0.2) is 48.8 Å². The standard InChI is InChI=1S/C18H27N3O2S2/c1-3-9-21-10-7-12(8-11-21)19-18(24)20-16-15(17(22)23-2)13-5-4-6-14(13)25-16/h12H,3-11H2,1-2H3,(H2,19,20,24). The summed E-state index contributed by atoms with van der Waals surface area (Å²) in [5.74, 6) is -0.266. The number of thiocarbonyl (C=S) groups is 1. The summed E-state index contributed by atoms with van der Waals surface area (Å²) in [7, 11) is 1.44. The van der Waals surface area contributed by atoms with Crippen LogP contribution in [0.25, 0.3) is 0 Å². The lowest BCUT2D eigenvalue weighted by Gasteiger charge is -2.32. The molecule has 3 rings (SSSR count). The maximum Gasteiger partial charge on any atom is 0.341 e. The van der Waals surface area contributed by atoms with E-state index >= 15 is 0 Å². The molecule has 1 fully saturated rings. The quantitative estimate of drug-likeness (QED) is 0.603. The number of hydrogen-bond donors (Lipinski definition) is 2. The number of nitrogens with zero attached hydrogens (tertiary/aromatic N) is 1. The first-order valence-corrected chi connectivity index (χ1v) is 10.4. The molecule has 25 heavy (non-hydrogen) atoms. The highest BCUT2D eigenvalue weighted by atomic mass is 32.1. The number of anilines is 1. The van der Waals surface area contributed by atoms with Gasteiger partial charge in [0, 0.05) is 24.0 Å². The first-order chi connectivity index (χ1) is 12.1. The van der Waals surface area contributed by atoms with Gasteiger partial charge in [-0.3, -0.25) is 0 Å². The summed E-state index contributed by atoms with van der Waals surface area (Å²) < 4.78 is 4.99. The first-order valence-electron chi connectivity index (χ1n) is 9.15. The summed E-state index contributed by atoms with van der Waals surface area (Å²) in [6.45, 7) is 5.64. The number of likely N-dealkylation sites (tertiary alicyclic amines) is 1. The first kappa shape index (κ1) is 18.6. The van der Waals surface area contributed by atoms with Crippen molar-refractivity contribution in [1.82, 2.24) is 10.2 Å². The third-order valence-corrected chi connectivity index (χ3v) is 6.43. The molecule has 2 heterocycles. The van der Waals surface area contributed by atoms with Crippen LogP contribution < -0.4 is 10.6 Å². The van der Waals surface area contributed by atoms with E-state index in [2.05, 4.69) is 22.5 Å². The highest BCUT2D eigenvalue weighted by Crippen LogP contribution is 2.39. The minimum atomic E-state index is -0.266. The summed E-state index contributed by atoms with van der Waals surface area (Å²) in [6.07, 6.45) is 6.52. The fourth-order valence-corrected chi connectivity index (χ4v) is 5.37. The maximum absolute atomic E-state index is 12.2. The number of ether oxygens (including phenoxy) is 1. The van der Waals surface area contributed by atoms with Gasteiger partial charge in [0.05, 0.1) is 12.7 Å². The van der Waals surface area contributed by atoms with E-state index in [0.717, 1.165) is 55.8 Å². The van der Waals surface area contributed by atoms with Gasteiger partial charge < -0.3 is 20.3 Å². The second-order valence-corrected chi connectivity index (χ2v) is 8.28. The van der Waals surface area contributed by atoms with Gasteiger partial charge in [-0.15, -0.1) is 11.3 Å². The van der Waals surface area contributed by atoms with Crippen molar-refractivity contribution in [2.75, 3.05) is 32.1 Å². The van der Waals surface area contributed by atoms with Gasteiger partial charge in [0.1, 0.15) is 5.00 Å². The fourth-order valence-electron chi connectivity index (χ4n) is 3.75. The average molecular weight is 382 g/mol. The molecule has 1 aromatic heterocycles. The lowest BCUT2D eigenvalue weighted by Crippen LogP contribution is -2.46. The summed E-state index contributed by atoms with van der Waals surface area (Å²) in [6, 6.07) is 0.404. The molecule has 0 unspecified atom stereocenters. The van der Waals surface area contributed by atoms with Gasteiger partial charge in [-0.1, -0.05) is 6.92 Å². The summed E-state index contributed by atoms with van der Waals surface area (Å²) in [5, 5.41) is 8.13. The van der Waals surface area contributed by atoms with E-state index in [0.29, 0.717) is 16.7 Å². The van der Waals surface area contributed by atoms with Crippen LogP contribution in [0.1, 0.15) is 53.4 Å². The van der Waals surface area contributed by atoms with Crippen LogP contribution in [0.5, 0.6) is 0 Å². The molecule has 138 valence electrons. The zero-order valence-electron chi connectivity index (χ0n) is 15.0. The van der Waals surface area contributed by atoms with E-state index < -0.39 is 0 Å². The lowest BCUT2D eigenvalue weighted by molar-refractivity contribution is 0.0601. The van der Waals surface area contributed by atoms with E-state index in [1.165, 1.54) is 25.0 Å². The summed E-state index contributed by atoms with van der Waals surface area (Å²) >= 11 is 7.15. The Bertz CT molecular complexity index is 637. The van der Waals surface area contributed by atoms with Gasteiger partial charge in [-0.25, -0.2) is 4.79 Å². The number of aryl methyl sites for hydroxylation is 1. The molecule has 2 N–H and O–H groups in total.